The zero-order chi connectivity index (χ0) is 15.1. The van der Waals surface area contributed by atoms with Crippen molar-refractivity contribution < 1.29 is 19.1 Å². The molecule has 0 aliphatic heterocycles. The van der Waals surface area contributed by atoms with Crippen molar-refractivity contribution in [2.75, 3.05) is 13.2 Å². The molecule has 0 spiro atoms. The zero-order valence-corrected chi connectivity index (χ0v) is 12.4. The average molecular weight is 270 g/mol. The van der Waals surface area contributed by atoms with Crippen molar-refractivity contribution in [3.05, 3.63) is 24.8 Å². The molecule has 4 heteroatoms. The molecule has 0 unspecified atom stereocenters. The molecule has 0 aliphatic carbocycles. The Bertz CT molecular complexity index is 282. The van der Waals surface area contributed by atoms with Gasteiger partial charge in [0.25, 0.3) is 0 Å². The Labute approximate surface area is 116 Å². The molecule has 0 amide bonds. The minimum Gasteiger partial charge on any atom is -0.463 e. The molecule has 0 saturated heterocycles. The van der Waals surface area contributed by atoms with Crippen LogP contribution in [-0.4, -0.2) is 25.2 Å². The molecule has 0 aromatic rings. The van der Waals surface area contributed by atoms with E-state index in [1.54, 1.807) is 13.8 Å². The Kier molecular flexibility index (Phi) is 15.1. The van der Waals surface area contributed by atoms with Gasteiger partial charge in [0.2, 0.25) is 0 Å². The van der Waals surface area contributed by atoms with E-state index in [9.17, 15) is 9.59 Å². The van der Waals surface area contributed by atoms with Gasteiger partial charge >= 0.3 is 11.9 Å². The second kappa shape index (κ2) is 14.5. The number of hydrogen-bond donors (Lipinski definition) is 0. The molecule has 0 radical (unpaired) electrons. The predicted octanol–water partition coefficient (Wildman–Crippen LogP) is 3.42. The summed E-state index contributed by atoms with van der Waals surface area (Å²) in [6.07, 6.45) is 5.72. The number of ether oxygens (including phenoxy) is 2. The van der Waals surface area contributed by atoms with Gasteiger partial charge in [-0.2, -0.15) is 0 Å². The highest BCUT2D eigenvalue weighted by molar-refractivity contribution is 5.86. The van der Waals surface area contributed by atoms with Crippen molar-refractivity contribution in [3.8, 4) is 0 Å². The van der Waals surface area contributed by atoms with Gasteiger partial charge in [-0.1, -0.05) is 39.3 Å². The molecule has 0 bridgehead atoms. The van der Waals surface area contributed by atoms with Crippen LogP contribution in [0, 0.1) is 0 Å². The Morgan fingerprint density at radius 2 is 1.74 bits per heavy atom. The first kappa shape index (κ1) is 19.8. The quantitative estimate of drug-likeness (QED) is 0.385. The van der Waals surface area contributed by atoms with Crippen LogP contribution < -0.4 is 0 Å². The maximum absolute atomic E-state index is 10.5. The Hall–Kier alpha value is -1.58. The summed E-state index contributed by atoms with van der Waals surface area (Å²) in [4.78, 5) is 20.9. The van der Waals surface area contributed by atoms with Gasteiger partial charge in [0.05, 0.1) is 13.2 Å². The second-order valence-electron chi connectivity index (χ2n) is 3.93. The van der Waals surface area contributed by atoms with Crippen molar-refractivity contribution in [1.82, 2.24) is 0 Å². The summed E-state index contributed by atoms with van der Waals surface area (Å²) in [7, 11) is 0. The maximum Gasteiger partial charge on any atom is 0.333 e. The van der Waals surface area contributed by atoms with Crippen molar-refractivity contribution >= 4 is 11.9 Å². The van der Waals surface area contributed by atoms with E-state index >= 15 is 0 Å². The summed E-state index contributed by atoms with van der Waals surface area (Å²) < 4.78 is 9.35. The van der Waals surface area contributed by atoms with Crippen molar-refractivity contribution in [2.24, 2.45) is 0 Å². The summed E-state index contributed by atoms with van der Waals surface area (Å²) in [6.45, 7) is 13.2. The number of carbonyl (C=O) groups is 2. The molecular weight excluding hydrogens is 244 g/mol. The largest absolute Gasteiger partial charge is 0.463 e. The van der Waals surface area contributed by atoms with Gasteiger partial charge < -0.3 is 9.47 Å². The standard InChI is InChI=1S/C9H16O2.C6H10O2/c1-3-5-6-7-8-11-9(10)4-2;1-4-8-6(7)5(2)3/h4H,2-3,5-8H2,1H3;2,4H2,1,3H3. The molecule has 0 N–H and O–H groups in total. The summed E-state index contributed by atoms with van der Waals surface area (Å²) in [5.74, 6) is -0.631. The lowest BCUT2D eigenvalue weighted by Gasteiger charge is -1.99. The normalized spacial score (nSPS) is 8.79. The molecule has 0 saturated carbocycles. The van der Waals surface area contributed by atoms with Gasteiger partial charge in [-0.05, 0) is 20.3 Å². The molecule has 110 valence electrons. The van der Waals surface area contributed by atoms with E-state index in [1.165, 1.54) is 18.9 Å². The fraction of sp³-hybridized carbons (Fsp3) is 0.600. The van der Waals surface area contributed by atoms with E-state index in [1.807, 2.05) is 0 Å². The smallest absolute Gasteiger partial charge is 0.333 e. The molecule has 0 aliphatic rings. The number of esters is 2. The number of rotatable bonds is 8. The SMILES string of the molecule is C=C(C)C(=O)OCC.C=CC(=O)OCCCCCC. The van der Waals surface area contributed by atoms with Gasteiger partial charge in [0.15, 0.2) is 0 Å². The minimum absolute atomic E-state index is 0.312. The van der Waals surface area contributed by atoms with E-state index in [4.69, 9.17) is 4.74 Å². The number of hydrogen-bond acceptors (Lipinski definition) is 4. The van der Waals surface area contributed by atoms with Crippen molar-refractivity contribution in [2.45, 2.75) is 46.5 Å². The molecule has 0 atom stereocenters. The van der Waals surface area contributed by atoms with Crippen molar-refractivity contribution in [3.63, 3.8) is 0 Å². The lowest BCUT2D eigenvalue weighted by molar-refractivity contribution is -0.139. The van der Waals surface area contributed by atoms with Gasteiger partial charge in [-0.3, -0.25) is 0 Å². The lowest BCUT2D eigenvalue weighted by atomic mass is 10.2. The first-order valence-corrected chi connectivity index (χ1v) is 6.61. The number of unbranched alkanes of at least 4 members (excludes halogenated alkanes) is 3. The molecule has 0 rings (SSSR count). The molecule has 0 heterocycles. The van der Waals surface area contributed by atoms with Crippen LogP contribution >= 0.6 is 0 Å². The average Bonchev–Trinajstić information content (AvgIpc) is 2.39. The third-order valence-corrected chi connectivity index (χ3v) is 2.03. The monoisotopic (exact) mass is 270 g/mol. The van der Waals surface area contributed by atoms with Crippen molar-refractivity contribution in [1.29, 1.82) is 0 Å². The van der Waals surface area contributed by atoms with Gasteiger partial charge in [-0.15, -0.1) is 0 Å². The highest BCUT2D eigenvalue weighted by Crippen LogP contribution is 1.98. The first-order valence-electron chi connectivity index (χ1n) is 6.61. The highest BCUT2D eigenvalue weighted by atomic mass is 16.5. The van der Waals surface area contributed by atoms with Gasteiger partial charge in [0.1, 0.15) is 0 Å². The van der Waals surface area contributed by atoms with Crippen LogP contribution in [-0.2, 0) is 19.1 Å². The summed E-state index contributed by atoms with van der Waals surface area (Å²) in [6, 6.07) is 0. The van der Waals surface area contributed by atoms with Gasteiger partial charge in [-0.25, -0.2) is 9.59 Å². The number of carbonyl (C=O) groups excluding carboxylic acids is 2. The van der Waals surface area contributed by atoms with E-state index in [2.05, 4.69) is 24.8 Å². The summed E-state index contributed by atoms with van der Waals surface area (Å²) in [5, 5.41) is 0. The van der Waals surface area contributed by atoms with Crippen LogP contribution in [0.3, 0.4) is 0 Å². The van der Waals surface area contributed by atoms with Crippen LogP contribution in [0.4, 0.5) is 0 Å². The summed E-state index contributed by atoms with van der Waals surface area (Å²) >= 11 is 0. The second-order valence-corrected chi connectivity index (χ2v) is 3.93. The minimum atomic E-state index is -0.318. The van der Waals surface area contributed by atoms with E-state index in [-0.39, 0.29) is 11.9 Å². The fourth-order valence-corrected chi connectivity index (χ4v) is 1.01. The van der Waals surface area contributed by atoms with E-state index < -0.39 is 0 Å². The molecule has 19 heavy (non-hydrogen) atoms. The van der Waals surface area contributed by atoms with E-state index in [0.717, 1.165) is 12.8 Å². The van der Waals surface area contributed by atoms with E-state index in [0.29, 0.717) is 18.8 Å². The molecular formula is C15H26O4. The maximum atomic E-state index is 10.5. The fourth-order valence-electron chi connectivity index (χ4n) is 1.01. The van der Waals surface area contributed by atoms with Crippen LogP contribution in [0.2, 0.25) is 0 Å². The third kappa shape index (κ3) is 16.4. The third-order valence-electron chi connectivity index (χ3n) is 2.03. The highest BCUT2D eigenvalue weighted by Gasteiger charge is 1.98. The van der Waals surface area contributed by atoms with Gasteiger partial charge in [0, 0.05) is 11.6 Å². The van der Waals surface area contributed by atoms with Crippen LogP contribution in [0.15, 0.2) is 24.8 Å². The summed E-state index contributed by atoms with van der Waals surface area (Å²) in [5.41, 5.74) is 0.451. The van der Waals surface area contributed by atoms with Crippen LogP contribution in [0.25, 0.3) is 0 Å². The molecule has 4 nitrogen and oxygen atoms in total. The molecule has 0 aromatic heterocycles. The predicted molar refractivity (Wildman–Crippen MR) is 76.7 cm³/mol. The van der Waals surface area contributed by atoms with Crippen LogP contribution in [0.1, 0.15) is 46.5 Å². The van der Waals surface area contributed by atoms with Crippen LogP contribution in [0.5, 0.6) is 0 Å². The molecule has 0 fully saturated rings. The Morgan fingerprint density at radius 1 is 1.11 bits per heavy atom. The Morgan fingerprint density at radius 3 is 2.11 bits per heavy atom. The Balaban J connectivity index is 0. The zero-order valence-electron chi connectivity index (χ0n) is 12.4. The first-order chi connectivity index (χ1) is 8.99. The topological polar surface area (TPSA) is 52.6 Å². The molecule has 0 aromatic carbocycles. The lowest BCUT2D eigenvalue weighted by Crippen LogP contribution is -2.03.